The Kier molecular flexibility index (Phi) is 5.39. The molecule has 2 N–H and O–H groups in total. The standard InChI is InChI=1S/C14H25N5/c1-12-6-3-4-8-19(12)9-5-7-16-14-10-13(15-2)17-11-18-14/h10-12H,3-9H2,1-2H3,(H2,15,16,17,18). The zero-order valence-corrected chi connectivity index (χ0v) is 12.0. The third-order valence-electron chi connectivity index (χ3n) is 3.79. The molecule has 5 nitrogen and oxygen atoms in total. The average molecular weight is 263 g/mol. The van der Waals surface area contributed by atoms with Gasteiger partial charge in [-0.1, -0.05) is 6.42 Å². The first kappa shape index (κ1) is 14.1. The molecule has 5 heteroatoms. The summed E-state index contributed by atoms with van der Waals surface area (Å²) in [6.07, 6.45) is 6.84. The van der Waals surface area contributed by atoms with E-state index < -0.39 is 0 Å². The molecule has 1 aliphatic heterocycles. The van der Waals surface area contributed by atoms with E-state index in [4.69, 9.17) is 0 Å². The van der Waals surface area contributed by atoms with E-state index in [1.807, 2.05) is 13.1 Å². The highest BCUT2D eigenvalue weighted by molar-refractivity contribution is 5.45. The smallest absolute Gasteiger partial charge is 0.131 e. The number of nitrogens with one attached hydrogen (secondary N) is 2. The fraction of sp³-hybridized carbons (Fsp3) is 0.714. The van der Waals surface area contributed by atoms with Crippen LogP contribution in [0.15, 0.2) is 12.4 Å². The Morgan fingerprint density at radius 3 is 2.95 bits per heavy atom. The van der Waals surface area contributed by atoms with E-state index >= 15 is 0 Å². The van der Waals surface area contributed by atoms with Crippen molar-refractivity contribution < 1.29 is 0 Å². The lowest BCUT2D eigenvalue weighted by molar-refractivity contribution is 0.160. The van der Waals surface area contributed by atoms with Crippen LogP contribution in [0.4, 0.5) is 11.6 Å². The van der Waals surface area contributed by atoms with Crippen molar-refractivity contribution in [3.8, 4) is 0 Å². The number of piperidine rings is 1. The third-order valence-corrected chi connectivity index (χ3v) is 3.79. The summed E-state index contributed by atoms with van der Waals surface area (Å²) in [6.45, 7) is 5.75. The number of rotatable bonds is 6. The lowest BCUT2D eigenvalue weighted by atomic mass is 10.0. The molecule has 19 heavy (non-hydrogen) atoms. The lowest BCUT2D eigenvalue weighted by Gasteiger charge is -2.33. The molecule has 0 spiro atoms. The van der Waals surface area contributed by atoms with E-state index in [0.29, 0.717) is 0 Å². The van der Waals surface area contributed by atoms with Gasteiger partial charge in [0.1, 0.15) is 18.0 Å². The second kappa shape index (κ2) is 7.28. The van der Waals surface area contributed by atoms with Crippen molar-refractivity contribution in [2.24, 2.45) is 0 Å². The van der Waals surface area contributed by atoms with Crippen molar-refractivity contribution >= 4 is 11.6 Å². The number of hydrogen-bond donors (Lipinski definition) is 2. The molecule has 106 valence electrons. The van der Waals surface area contributed by atoms with E-state index in [1.165, 1.54) is 32.4 Å². The van der Waals surface area contributed by atoms with Gasteiger partial charge in [-0.15, -0.1) is 0 Å². The maximum atomic E-state index is 4.21. The largest absolute Gasteiger partial charge is 0.373 e. The van der Waals surface area contributed by atoms with Crippen LogP contribution in [0.5, 0.6) is 0 Å². The molecule has 1 aliphatic rings. The normalized spacial score (nSPS) is 20.2. The third kappa shape index (κ3) is 4.35. The molecule has 1 unspecified atom stereocenters. The molecule has 2 heterocycles. The summed E-state index contributed by atoms with van der Waals surface area (Å²) in [6, 6.07) is 2.69. The van der Waals surface area contributed by atoms with Crippen molar-refractivity contribution in [2.75, 3.05) is 37.3 Å². The Morgan fingerprint density at radius 1 is 1.32 bits per heavy atom. The first-order valence-corrected chi connectivity index (χ1v) is 7.27. The number of aromatic nitrogens is 2. The number of nitrogens with zero attached hydrogens (tertiary/aromatic N) is 3. The summed E-state index contributed by atoms with van der Waals surface area (Å²) in [7, 11) is 1.86. The molecular formula is C14H25N5. The molecule has 0 bridgehead atoms. The van der Waals surface area contributed by atoms with Gasteiger partial charge < -0.3 is 15.5 Å². The van der Waals surface area contributed by atoms with Crippen LogP contribution in [0.3, 0.4) is 0 Å². The minimum absolute atomic E-state index is 0.753. The van der Waals surface area contributed by atoms with Crippen LogP contribution >= 0.6 is 0 Å². The molecule has 2 rings (SSSR count). The predicted molar refractivity (Wildman–Crippen MR) is 79.6 cm³/mol. The highest BCUT2D eigenvalue weighted by Gasteiger charge is 2.16. The molecule has 1 aromatic rings. The van der Waals surface area contributed by atoms with Crippen molar-refractivity contribution in [3.05, 3.63) is 12.4 Å². The number of hydrogen-bond acceptors (Lipinski definition) is 5. The van der Waals surface area contributed by atoms with E-state index in [9.17, 15) is 0 Å². The van der Waals surface area contributed by atoms with Gasteiger partial charge in [0.05, 0.1) is 0 Å². The second-order valence-electron chi connectivity index (χ2n) is 5.20. The van der Waals surface area contributed by atoms with Gasteiger partial charge in [0, 0.05) is 32.2 Å². The molecule has 1 saturated heterocycles. The maximum Gasteiger partial charge on any atom is 0.131 e. The SMILES string of the molecule is CNc1cc(NCCCN2CCCCC2C)ncn1. The van der Waals surface area contributed by atoms with Crippen LogP contribution in [-0.4, -0.2) is 47.6 Å². The second-order valence-corrected chi connectivity index (χ2v) is 5.20. The summed E-state index contributed by atoms with van der Waals surface area (Å²) >= 11 is 0. The lowest BCUT2D eigenvalue weighted by Crippen LogP contribution is -2.38. The fourth-order valence-corrected chi connectivity index (χ4v) is 2.58. The summed E-state index contributed by atoms with van der Waals surface area (Å²) in [5.74, 6) is 1.74. The summed E-state index contributed by atoms with van der Waals surface area (Å²) in [5, 5.41) is 6.37. The molecule has 0 saturated carbocycles. The highest BCUT2D eigenvalue weighted by Crippen LogP contribution is 2.16. The van der Waals surface area contributed by atoms with Crippen LogP contribution in [0.25, 0.3) is 0 Å². The van der Waals surface area contributed by atoms with Gasteiger partial charge in [-0.25, -0.2) is 9.97 Å². The van der Waals surface area contributed by atoms with Crippen molar-refractivity contribution in [1.82, 2.24) is 14.9 Å². The zero-order valence-electron chi connectivity index (χ0n) is 12.0. The molecule has 0 aromatic carbocycles. The van der Waals surface area contributed by atoms with E-state index in [0.717, 1.165) is 30.6 Å². The van der Waals surface area contributed by atoms with Gasteiger partial charge >= 0.3 is 0 Å². The molecule has 0 aliphatic carbocycles. The number of anilines is 2. The van der Waals surface area contributed by atoms with Gasteiger partial charge in [0.25, 0.3) is 0 Å². The Labute approximate surface area is 115 Å². The maximum absolute atomic E-state index is 4.21. The van der Waals surface area contributed by atoms with Gasteiger partial charge in [0.15, 0.2) is 0 Å². The topological polar surface area (TPSA) is 53.1 Å². The van der Waals surface area contributed by atoms with E-state index in [-0.39, 0.29) is 0 Å². The van der Waals surface area contributed by atoms with Gasteiger partial charge in [-0.3, -0.25) is 0 Å². The molecule has 1 atom stereocenters. The van der Waals surface area contributed by atoms with E-state index in [2.05, 4.69) is 32.4 Å². The van der Waals surface area contributed by atoms with Gasteiger partial charge in [-0.2, -0.15) is 0 Å². The minimum Gasteiger partial charge on any atom is -0.373 e. The molecule has 1 fully saturated rings. The first-order chi connectivity index (χ1) is 9.29. The van der Waals surface area contributed by atoms with Crippen LogP contribution in [-0.2, 0) is 0 Å². The Balaban J connectivity index is 1.68. The molecule has 1 aromatic heterocycles. The molecule has 0 radical (unpaired) electrons. The van der Waals surface area contributed by atoms with Crippen LogP contribution in [0.2, 0.25) is 0 Å². The summed E-state index contributed by atoms with van der Waals surface area (Å²) in [4.78, 5) is 10.9. The van der Waals surface area contributed by atoms with Crippen LogP contribution < -0.4 is 10.6 Å². The summed E-state index contributed by atoms with van der Waals surface area (Å²) in [5.41, 5.74) is 0. The number of likely N-dealkylation sites (tertiary alicyclic amines) is 1. The van der Waals surface area contributed by atoms with Crippen molar-refractivity contribution in [3.63, 3.8) is 0 Å². The highest BCUT2D eigenvalue weighted by atomic mass is 15.2. The van der Waals surface area contributed by atoms with Crippen LogP contribution in [0.1, 0.15) is 32.6 Å². The molecular weight excluding hydrogens is 238 g/mol. The Morgan fingerprint density at radius 2 is 2.16 bits per heavy atom. The van der Waals surface area contributed by atoms with E-state index in [1.54, 1.807) is 6.33 Å². The minimum atomic E-state index is 0.753. The van der Waals surface area contributed by atoms with Crippen LogP contribution in [0, 0.1) is 0 Å². The Hall–Kier alpha value is -1.36. The summed E-state index contributed by atoms with van der Waals surface area (Å²) < 4.78 is 0. The predicted octanol–water partition coefficient (Wildman–Crippen LogP) is 2.19. The molecule has 0 amide bonds. The van der Waals surface area contributed by atoms with Gasteiger partial charge in [-0.05, 0) is 32.7 Å². The quantitative estimate of drug-likeness (QED) is 0.771. The first-order valence-electron chi connectivity index (χ1n) is 7.27. The van der Waals surface area contributed by atoms with Gasteiger partial charge in [0.2, 0.25) is 0 Å². The van der Waals surface area contributed by atoms with Crippen molar-refractivity contribution in [2.45, 2.75) is 38.6 Å². The monoisotopic (exact) mass is 263 g/mol. The fourth-order valence-electron chi connectivity index (χ4n) is 2.58. The average Bonchev–Trinajstić information content (AvgIpc) is 2.45. The van der Waals surface area contributed by atoms with Crippen molar-refractivity contribution in [1.29, 1.82) is 0 Å². The Bertz CT molecular complexity index is 382. The zero-order chi connectivity index (χ0) is 13.5.